The fourth-order valence-corrected chi connectivity index (χ4v) is 5.85. The van der Waals surface area contributed by atoms with Gasteiger partial charge in [0, 0.05) is 30.3 Å². The standard InChI is InChI=1S/C30H27ClF3N7O4/c1-16-2-3-18(21(31)8-16)15-44-28-20(30(32,33)34)9-17-4-6-40(13-24(17)37-28)14-26-36-22-10-23(27-38-29(42)45-39-27)35-11-25(22)41(26)12-19-5-7-43-19/h2-3,8-11,19H,4-7,12-15H2,1H3,(H,38,39,42)/t19-/m0/s1. The summed E-state index contributed by atoms with van der Waals surface area (Å²) in [5.41, 5.74) is 3.48. The molecule has 0 bridgehead atoms. The third kappa shape index (κ3) is 6.04. The average Bonchev–Trinajstić information content (AvgIpc) is 3.55. The average molecular weight is 642 g/mol. The van der Waals surface area contributed by atoms with Crippen molar-refractivity contribution in [2.24, 2.45) is 0 Å². The first-order chi connectivity index (χ1) is 21.6. The van der Waals surface area contributed by atoms with Crippen molar-refractivity contribution in [1.82, 2.24) is 34.6 Å². The molecule has 0 unspecified atom stereocenters. The number of ether oxygens (including phenoxy) is 2. The van der Waals surface area contributed by atoms with Gasteiger partial charge < -0.3 is 14.0 Å². The maximum absolute atomic E-state index is 14.1. The minimum absolute atomic E-state index is 0.0407. The molecule has 4 aromatic heterocycles. The van der Waals surface area contributed by atoms with Crippen LogP contribution in [-0.4, -0.2) is 53.8 Å². The first-order valence-electron chi connectivity index (χ1n) is 14.3. The fraction of sp³-hybridized carbons (Fsp3) is 0.367. The Morgan fingerprint density at radius 3 is 2.76 bits per heavy atom. The van der Waals surface area contributed by atoms with Gasteiger partial charge in [0.2, 0.25) is 11.7 Å². The Bertz CT molecular complexity index is 1950. The lowest BCUT2D eigenvalue weighted by Crippen LogP contribution is -2.34. The number of hydrogen-bond acceptors (Lipinski definition) is 9. The van der Waals surface area contributed by atoms with Gasteiger partial charge in [0.1, 0.15) is 23.7 Å². The van der Waals surface area contributed by atoms with Gasteiger partial charge in [0.15, 0.2) is 0 Å². The van der Waals surface area contributed by atoms with Crippen molar-refractivity contribution in [1.29, 1.82) is 0 Å². The molecule has 234 valence electrons. The summed E-state index contributed by atoms with van der Waals surface area (Å²) in [6.45, 7) is 4.23. The molecule has 45 heavy (non-hydrogen) atoms. The first-order valence-corrected chi connectivity index (χ1v) is 14.7. The van der Waals surface area contributed by atoms with Crippen LogP contribution in [0.4, 0.5) is 13.2 Å². The Morgan fingerprint density at radius 2 is 2.04 bits per heavy atom. The highest BCUT2D eigenvalue weighted by Crippen LogP contribution is 2.38. The van der Waals surface area contributed by atoms with Crippen molar-refractivity contribution in [3.05, 3.63) is 85.9 Å². The summed E-state index contributed by atoms with van der Waals surface area (Å²) >= 11 is 6.29. The molecule has 2 aliphatic rings. The number of rotatable bonds is 8. The van der Waals surface area contributed by atoms with Gasteiger partial charge >= 0.3 is 11.9 Å². The lowest BCUT2D eigenvalue weighted by molar-refractivity contribution is -0.139. The van der Waals surface area contributed by atoms with Gasteiger partial charge in [-0.3, -0.25) is 19.4 Å². The Labute approximate surface area is 258 Å². The van der Waals surface area contributed by atoms with Crippen LogP contribution in [0.3, 0.4) is 0 Å². The molecule has 1 saturated heterocycles. The number of fused-ring (bicyclic) bond motifs is 2. The third-order valence-electron chi connectivity index (χ3n) is 8.05. The number of alkyl halides is 3. The molecule has 7 rings (SSSR count). The Balaban J connectivity index is 1.16. The first kappa shape index (κ1) is 29.4. The van der Waals surface area contributed by atoms with Crippen LogP contribution in [0, 0.1) is 6.92 Å². The summed E-state index contributed by atoms with van der Waals surface area (Å²) in [7, 11) is 0. The molecule has 15 heteroatoms. The molecule has 2 aliphatic heterocycles. The molecule has 1 fully saturated rings. The number of nitrogens with one attached hydrogen (secondary N) is 1. The van der Waals surface area contributed by atoms with E-state index in [1.165, 1.54) is 0 Å². The van der Waals surface area contributed by atoms with Gasteiger partial charge in [-0.15, -0.1) is 0 Å². The van der Waals surface area contributed by atoms with E-state index >= 15 is 0 Å². The maximum Gasteiger partial charge on any atom is 0.439 e. The molecule has 0 aliphatic carbocycles. The molecule has 0 amide bonds. The van der Waals surface area contributed by atoms with Crippen molar-refractivity contribution < 1.29 is 27.2 Å². The summed E-state index contributed by atoms with van der Waals surface area (Å²) in [5, 5.41) is 4.13. The second-order valence-electron chi connectivity index (χ2n) is 11.2. The van der Waals surface area contributed by atoms with E-state index in [2.05, 4.69) is 34.1 Å². The van der Waals surface area contributed by atoms with Crippen LogP contribution in [-0.2, 0) is 43.6 Å². The molecule has 0 radical (unpaired) electrons. The Morgan fingerprint density at radius 1 is 1.20 bits per heavy atom. The summed E-state index contributed by atoms with van der Waals surface area (Å²) in [4.78, 5) is 29.7. The van der Waals surface area contributed by atoms with Crippen LogP contribution in [0.5, 0.6) is 5.88 Å². The quantitative estimate of drug-likeness (QED) is 0.247. The normalized spacial score (nSPS) is 17.0. The molecule has 6 heterocycles. The zero-order valence-corrected chi connectivity index (χ0v) is 24.8. The van der Waals surface area contributed by atoms with E-state index < -0.39 is 23.4 Å². The molecular weight excluding hydrogens is 615 g/mol. The minimum atomic E-state index is -4.63. The van der Waals surface area contributed by atoms with Gasteiger partial charge in [-0.1, -0.05) is 28.9 Å². The predicted octanol–water partition coefficient (Wildman–Crippen LogP) is 5.08. The molecule has 1 N–H and O–H groups in total. The van der Waals surface area contributed by atoms with Crippen LogP contribution in [0.2, 0.25) is 5.02 Å². The van der Waals surface area contributed by atoms with E-state index in [0.29, 0.717) is 72.3 Å². The second-order valence-corrected chi connectivity index (χ2v) is 11.6. The smallest absolute Gasteiger partial charge is 0.439 e. The highest BCUT2D eigenvalue weighted by atomic mass is 35.5. The minimum Gasteiger partial charge on any atom is -0.472 e. The molecule has 0 spiro atoms. The van der Waals surface area contributed by atoms with E-state index in [9.17, 15) is 18.0 Å². The largest absolute Gasteiger partial charge is 0.472 e. The molecule has 1 aromatic carbocycles. The number of aromatic amines is 1. The predicted molar refractivity (Wildman–Crippen MR) is 156 cm³/mol. The molecule has 11 nitrogen and oxygen atoms in total. The number of pyridine rings is 2. The van der Waals surface area contributed by atoms with Gasteiger partial charge in [-0.25, -0.2) is 14.8 Å². The van der Waals surface area contributed by atoms with Gasteiger partial charge in [-0.2, -0.15) is 13.2 Å². The zero-order chi connectivity index (χ0) is 31.3. The maximum atomic E-state index is 14.1. The molecule has 5 aromatic rings. The van der Waals surface area contributed by atoms with Crippen LogP contribution in [0.15, 0.2) is 45.8 Å². The molecule has 1 atom stereocenters. The zero-order valence-electron chi connectivity index (χ0n) is 24.0. The highest BCUT2D eigenvalue weighted by molar-refractivity contribution is 6.31. The number of aromatic nitrogens is 6. The number of benzene rings is 1. The lowest BCUT2D eigenvalue weighted by atomic mass is 10.0. The van der Waals surface area contributed by atoms with E-state index in [1.807, 2.05) is 13.0 Å². The van der Waals surface area contributed by atoms with Crippen molar-refractivity contribution in [2.45, 2.75) is 58.3 Å². The van der Waals surface area contributed by atoms with Crippen LogP contribution in [0.25, 0.3) is 22.6 Å². The topological polar surface area (TPSA) is 124 Å². The third-order valence-corrected chi connectivity index (χ3v) is 8.40. The fourth-order valence-electron chi connectivity index (χ4n) is 5.56. The van der Waals surface area contributed by atoms with E-state index in [1.54, 1.807) is 24.4 Å². The molecule has 0 saturated carbocycles. The van der Waals surface area contributed by atoms with Crippen LogP contribution >= 0.6 is 11.6 Å². The number of imidazole rings is 1. The van der Waals surface area contributed by atoms with E-state index in [0.717, 1.165) is 29.4 Å². The number of aryl methyl sites for hydroxylation is 1. The molecular formula is C30H27ClF3N7O4. The van der Waals surface area contributed by atoms with Gasteiger partial charge in [0.05, 0.1) is 42.1 Å². The summed E-state index contributed by atoms with van der Waals surface area (Å²) in [6.07, 6.45) is -1.62. The number of hydrogen-bond donors (Lipinski definition) is 1. The van der Waals surface area contributed by atoms with Crippen molar-refractivity contribution >= 4 is 22.6 Å². The van der Waals surface area contributed by atoms with Crippen LogP contribution in [0.1, 0.15) is 40.2 Å². The summed E-state index contributed by atoms with van der Waals surface area (Å²) in [6, 6.07) is 8.16. The Hall–Kier alpha value is -4.27. The van der Waals surface area contributed by atoms with Crippen molar-refractivity contribution in [2.75, 3.05) is 13.2 Å². The summed E-state index contributed by atoms with van der Waals surface area (Å²) < 4.78 is 60.2. The number of halogens is 4. The van der Waals surface area contributed by atoms with Crippen LogP contribution < -0.4 is 10.5 Å². The van der Waals surface area contributed by atoms with Crippen molar-refractivity contribution in [3.63, 3.8) is 0 Å². The van der Waals surface area contributed by atoms with Gasteiger partial charge in [-0.05, 0) is 49.1 Å². The SMILES string of the molecule is Cc1ccc(COc2nc3c(cc2C(F)(F)F)CCN(Cc2nc4cc(-c5noc(=O)[nH]5)ncc4n2C[C@@H]2CCO2)C3)c(Cl)c1. The summed E-state index contributed by atoms with van der Waals surface area (Å²) in [5.74, 6) is -0.221. The second kappa shape index (κ2) is 11.6. The Kier molecular flexibility index (Phi) is 7.58. The highest BCUT2D eigenvalue weighted by Gasteiger charge is 2.37. The number of nitrogens with zero attached hydrogens (tertiary/aromatic N) is 6. The van der Waals surface area contributed by atoms with E-state index in [-0.39, 0.29) is 18.5 Å². The van der Waals surface area contributed by atoms with Gasteiger partial charge in [0.25, 0.3) is 0 Å². The van der Waals surface area contributed by atoms with E-state index in [4.69, 9.17) is 26.1 Å². The lowest BCUT2D eigenvalue weighted by Gasteiger charge is -2.30. The monoisotopic (exact) mass is 641 g/mol. The van der Waals surface area contributed by atoms with Crippen molar-refractivity contribution in [3.8, 4) is 17.4 Å². The number of H-pyrrole nitrogens is 1.